The van der Waals surface area contributed by atoms with E-state index in [1.165, 1.54) is 48.3 Å². The third-order valence-corrected chi connectivity index (χ3v) is 6.97. The van der Waals surface area contributed by atoms with Crippen LogP contribution in [0.4, 0.5) is 5.69 Å². The monoisotopic (exact) mass is 449 g/mol. The van der Waals surface area contributed by atoms with Crippen LogP contribution in [0.15, 0.2) is 35.9 Å². The van der Waals surface area contributed by atoms with Crippen LogP contribution >= 0.6 is 12.2 Å². The number of anilines is 1. The summed E-state index contributed by atoms with van der Waals surface area (Å²) in [6.07, 6.45) is 7.88. The molecule has 168 valence electrons. The van der Waals surface area contributed by atoms with Gasteiger partial charge >= 0.3 is 0 Å². The third-order valence-electron chi connectivity index (χ3n) is 6.68. The quantitative estimate of drug-likeness (QED) is 0.377. The Labute approximate surface area is 195 Å². The van der Waals surface area contributed by atoms with Crippen molar-refractivity contribution < 1.29 is 9.59 Å². The molecule has 2 aromatic rings. The van der Waals surface area contributed by atoms with Crippen LogP contribution < -0.4 is 10.2 Å². The highest BCUT2D eigenvalue weighted by Gasteiger charge is 2.35. The van der Waals surface area contributed by atoms with E-state index >= 15 is 0 Å². The minimum absolute atomic E-state index is 0.107. The third kappa shape index (κ3) is 4.16. The van der Waals surface area contributed by atoms with Gasteiger partial charge in [-0.3, -0.25) is 19.8 Å². The van der Waals surface area contributed by atoms with Crippen LogP contribution in [0.5, 0.6) is 0 Å². The van der Waals surface area contributed by atoms with Gasteiger partial charge in [0.15, 0.2) is 5.11 Å². The molecule has 1 aromatic heterocycles. The van der Waals surface area contributed by atoms with Crippen molar-refractivity contribution in [2.75, 3.05) is 4.90 Å². The van der Waals surface area contributed by atoms with Gasteiger partial charge in [-0.1, -0.05) is 45.2 Å². The maximum Gasteiger partial charge on any atom is 0.270 e. The van der Waals surface area contributed by atoms with Crippen LogP contribution in [0.1, 0.15) is 80.4 Å². The van der Waals surface area contributed by atoms with E-state index in [1.807, 2.05) is 24.3 Å². The Morgan fingerprint density at radius 1 is 1.06 bits per heavy atom. The van der Waals surface area contributed by atoms with Crippen LogP contribution in [0.3, 0.4) is 0 Å². The van der Waals surface area contributed by atoms with E-state index in [-0.39, 0.29) is 10.7 Å². The normalized spacial score (nSPS) is 19.2. The number of carbonyl (C=O) groups excluding carboxylic acids is 2. The SMILES string of the molecule is Cc1cc(/C=C2\C(=O)NC(=S)N(c3ccc(C(C)C)cc3)C2=O)c(C)n1C1CCCCC1. The number of aryl methyl sites for hydroxylation is 1. The van der Waals surface area contributed by atoms with E-state index in [4.69, 9.17) is 12.2 Å². The molecule has 0 unspecified atom stereocenters. The average Bonchev–Trinajstić information content (AvgIpc) is 3.04. The van der Waals surface area contributed by atoms with Crippen molar-refractivity contribution in [3.63, 3.8) is 0 Å². The number of thiocarbonyl (C=S) groups is 1. The highest BCUT2D eigenvalue weighted by Crippen LogP contribution is 2.33. The number of nitrogens with one attached hydrogen (secondary N) is 1. The molecule has 4 rings (SSSR count). The van der Waals surface area contributed by atoms with Gasteiger partial charge in [0.1, 0.15) is 5.57 Å². The topological polar surface area (TPSA) is 54.3 Å². The first kappa shape index (κ1) is 22.5. The van der Waals surface area contributed by atoms with E-state index < -0.39 is 11.8 Å². The number of hydrogen-bond acceptors (Lipinski definition) is 3. The second-order valence-corrected chi connectivity index (χ2v) is 9.58. The first-order valence-corrected chi connectivity index (χ1v) is 11.9. The molecule has 2 heterocycles. The van der Waals surface area contributed by atoms with Gasteiger partial charge in [-0.25, -0.2) is 0 Å². The number of aromatic nitrogens is 1. The Morgan fingerprint density at radius 2 is 1.72 bits per heavy atom. The molecule has 32 heavy (non-hydrogen) atoms. The van der Waals surface area contributed by atoms with Crippen LogP contribution in [-0.2, 0) is 9.59 Å². The van der Waals surface area contributed by atoms with Gasteiger partial charge in [0.2, 0.25) is 0 Å². The zero-order valence-corrected chi connectivity index (χ0v) is 20.1. The van der Waals surface area contributed by atoms with E-state index in [1.54, 1.807) is 6.08 Å². The first-order chi connectivity index (χ1) is 15.3. The van der Waals surface area contributed by atoms with E-state index in [2.05, 4.69) is 43.6 Å². The predicted octanol–water partition coefficient (Wildman–Crippen LogP) is 5.56. The summed E-state index contributed by atoms with van der Waals surface area (Å²) in [5, 5.41) is 2.81. The van der Waals surface area contributed by atoms with Crippen molar-refractivity contribution in [1.82, 2.24) is 9.88 Å². The number of amides is 2. The fraction of sp³-hybridized carbons (Fsp3) is 0.423. The Balaban J connectivity index is 1.68. The van der Waals surface area contributed by atoms with Crippen LogP contribution in [0, 0.1) is 13.8 Å². The maximum atomic E-state index is 13.4. The molecule has 1 saturated heterocycles. The van der Waals surface area contributed by atoms with Gasteiger partial charge in [-0.05, 0) is 80.2 Å². The molecular weight excluding hydrogens is 418 g/mol. The Hall–Kier alpha value is -2.73. The lowest BCUT2D eigenvalue weighted by molar-refractivity contribution is -0.122. The summed E-state index contributed by atoms with van der Waals surface area (Å²) in [5.74, 6) is -0.446. The molecule has 1 saturated carbocycles. The van der Waals surface area contributed by atoms with Gasteiger partial charge in [0.25, 0.3) is 11.8 Å². The Morgan fingerprint density at radius 3 is 2.34 bits per heavy atom. The van der Waals surface area contributed by atoms with Crippen molar-refractivity contribution in [2.24, 2.45) is 0 Å². The molecule has 0 atom stereocenters. The van der Waals surface area contributed by atoms with Crippen LogP contribution in [0.25, 0.3) is 6.08 Å². The Kier molecular flexibility index (Phi) is 6.33. The zero-order valence-electron chi connectivity index (χ0n) is 19.3. The summed E-state index contributed by atoms with van der Waals surface area (Å²) in [5.41, 5.74) is 5.12. The fourth-order valence-corrected chi connectivity index (χ4v) is 5.19. The second-order valence-electron chi connectivity index (χ2n) is 9.19. The smallest absolute Gasteiger partial charge is 0.270 e. The molecule has 1 aromatic carbocycles. The maximum absolute atomic E-state index is 13.4. The van der Waals surface area contributed by atoms with Crippen molar-refractivity contribution >= 4 is 40.9 Å². The fourth-order valence-electron chi connectivity index (χ4n) is 4.91. The van der Waals surface area contributed by atoms with Crippen molar-refractivity contribution in [3.05, 3.63) is 58.4 Å². The lowest BCUT2D eigenvalue weighted by Crippen LogP contribution is -2.54. The minimum atomic E-state index is -0.447. The highest BCUT2D eigenvalue weighted by molar-refractivity contribution is 7.80. The molecule has 2 aliphatic rings. The lowest BCUT2D eigenvalue weighted by atomic mass is 9.95. The van der Waals surface area contributed by atoms with E-state index in [9.17, 15) is 9.59 Å². The summed E-state index contributed by atoms with van der Waals surface area (Å²) in [6.45, 7) is 8.42. The Bertz CT molecular complexity index is 1090. The molecule has 1 N–H and O–H groups in total. The molecule has 2 fully saturated rings. The van der Waals surface area contributed by atoms with Gasteiger partial charge in [-0.15, -0.1) is 0 Å². The molecule has 1 aliphatic heterocycles. The summed E-state index contributed by atoms with van der Waals surface area (Å²) in [6, 6.07) is 10.3. The molecule has 0 spiro atoms. The van der Waals surface area contributed by atoms with Gasteiger partial charge in [0.05, 0.1) is 5.69 Å². The molecule has 0 bridgehead atoms. The number of hydrogen-bond donors (Lipinski definition) is 1. The predicted molar refractivity (Wildman–Crippen MR) is 133 cm³/mol. The summed E-state index contributed by atoms with van der Waals surface area (Å²) >= 11 is 5.34. The molecule has 0 radical (unpaired) electrons. The molecule has 5 nitrogen and oxygen atoms in total. The van der Waals surface area contributed by atoms with Crippen molar-refractivity contribution in [3.8, 4) is 0 Å². The molecule has 2 amide bonds. The zero-order chi connectivity index (χ0) is 23.0. The number of nitrogens with zero attached hydrogens (tertiary/aromatic N) is 2. The summed E-state index contributed by atoms with van der Waals surface area (Å²) in [7, 11) is 0. The highest BCUT2D eigenvalue weighted by atomic mass is 32.1. The minimum Gasteiger partial charge on any atom is -0.346 e. The van der Waals surface area contributed by atoms with Gasteiger partial charge < -0.3 is 4.57 Å². The summed E-state index contributed by atoms with van der Waals surface area (Å²) < 4.78 is 2.38. The first-order valence-electron chi connectivity index (χ1n) is 11.5. The number of carbonyl (C=O) groups is 2. The lowest BCUT2D eigenvalue weighted by Gasteiger charge is -2.29. The largest absolute Gasteiger partial charge is 0.346 e. The number of benzene rings is 1. The number of rotatable bonds is 4. The van der Waals surface area contributed by atoms with E-state index in [0.29, 0.717) is 17.6 Å². The average molecular weight is 450 g/mol. The molecule has 1 aliphatic carbocycles. The second kappa shape index (κ2) is 9.02. The van der Waals surface area contributed by atoms with Crippen LogP contribution in [-0.4, -0.2) is 21.5 Å². The molecule has 6 heteroatoms. The standard InChI is InChI=1S/C26H31N3O2S/c1-16(2)19-10-12-22(13-11-19)29-25(31)23(24(30)27-26(29)32)15-20-14-17(3)28(18(20)4)21-8-6-5-7-9-21/h10-16,21H,5-9H2,1-4H3,(H,27,30,32)/b23-15+. The van der Waals surface area contributed by atoms with Gasteiger partial charge in [0, 0.05) is 17.4 Å². The van der Waals surface area contributed by atoms with Crippen LogP contribution in [0.2, 0.25) is 0 Å². The van der Waals surface area contributed by atoms with Gasteiger partial charge in [-0.2, -0.15) is 0 Å². The van der Waals surface area contributed by atoms with Crippen molar-refractivity contribution in [2.45, 2.75) is 71.8 Å². The molecular formula is C26H31N3O2S. The van der Waals surface area contributed by atoms with E-state index in [0.717, 1.165) is 11.3 Å². The van der Waals surface area contributed by atoms with Crippen molar-refractivity contribution in [1.29, 1.82) is 0 Å². The summed E-state index contributed by atoms with van der Waals surface area (Å²) in [4.78, 5) is 27.5.